The number of rotatable bonds is 3. The molecule has 2 aliphatic rings. The van der Waals surface area contributed by atoms with E-state index in [1.54, 1.807) is 12.1 Å². The fourth-order valence-electron chi connectivity index (χ4n) is 2.70. The first kappa shape index (κ1) is 15.5. The number of fused-ring (bicyclic) bond motifs is 1. The molecule has 0 bridgehead atoms. The molecule has 118 valence electrons. The van der Waals surface area contributed by atoms with Crippen LogP contribution in [0.4, 0.5) is 10.1 Å². The zero-order valence-electron chi connectivity index (χ0n) is 11.9. The Labute approximate surface area is 132 Å². The molecule has 1 aromatic rings. The highest BCUT2D eigenvalue weighted by molar-refractivity contribution is 8.14. The van der Waals surface area contributed by atoms with Crippen molar-refractivity contribution in [2.75, 3.05) is 22.2 Å². The Balaban J connectivity index is 1.93. The van der Waals surface area contributed by atoms with Gasteiger partial charge in [0.2, 0.25) is 0 Å². The highest BCUT2D eigenvalue weighted by Crippen LogP contribution is 2.35. The number of hydrogen-bond acceptors (Lipinski definition) is 6. The zero-order valence-corrected chi connectivity index (χ0v) is 13.5. The molecular formula is C14H15FN2O3S2. The van der Waals surface area contributed by atoms with E-state index in [2.05, 4.69) is 4.99 Å². The van der Waals surface area contributed by atoms with Gasteiger partial charge in [0.15, 0.2) is 15.0 Å². The lowest BCUT2D eigenvalue weighted by atomic mass is 10.1. The third-order valence-electron chi connectivity index (χ3n) is 3.62. The molecule has 0 aliphatic carbocycles. The Morgan fingerprint density at radius 3 is 2.68 bits per heavy atom. The van der Waals surface area contributed by atoms with Gasteiger partial charge in [0.05, 0.1) is 29.3 Å². The van der Waals surface area contributed by atoms with Gasteiger partial charge in [0, 0.05) is 5.69 Å². The molecule has 22 heavy (non-hydrogen) atoms. The van der Waals surface area contributed by atoms with Crippen molar-refractivity contribution in [3.8, 4) is 0 Å². The van der Waals surface area contributed by atoms with Crippen molar-refractivity contribution in [2.24, 2.45) is 4.99 Å². The van der Waals surface area contributed by atoms with Crippen LogP contribution < -0.4 is 4.90 Å². The third kappa shape index (κ3) is 3.03. The Kier molecular flexibility index (Phi) is 3.98. The average molecular weight is 342 g/mol. The average Bonchev–Trinajstić information content (AvgIpc) is 2.89. The predicted octanol–water partition coefficient (Wildman–Crippen LogP) is 1.49. The van der Waals surface area contributed by atoms with E-state index in [4.69, 9.17) is 0 Å². The summed E-state index contributed by atoms with van der Waals surface area (Å²) in [4.78, 5) is 17.5. The Hall–Kier alpha value is -1.41. The van der Waals surface area contributed by atoms with Crippen LogP contribution in [0, 0.1) is 5.82 Å². The standard InChI is InChI=1S/C14H15FN2O3S2/c1-9(18)6-21-14-16-12-7-22(19,20)8-13(12)17(14)11-4-2-10(15)3-5-11/h2-5,12-13H,6-8H2,1H3/t12-,13-/m0/s1. The molecule has 0 saturated carbocycles. The van der Waals surface area contributed by atoms with Crippen molar-refractivity contribution in [2.45, 2.75) is 19.0 Å². The molecule has 0 N–H and O–H groups in total. The molecule has 0 spiro atoms. The Bertz CT molecular complexity index is 731. The quantitative estimate of drug-likeness (QED) is 0.833. The molecule has 3 rings (SSSR count). The summed E-state index contributed by atoms with van der Waals surface area (Å²) >= 11 is 1.29. The molecular weight excluding hydrogens is 327 g/mol. The molecule has 2 aliphatic heterocycles. The second-order valence-electron chi connectivity index (χ2n) is 5.46. The number of Topliss-reactive ketones (excluding diaryl/α,β-unsaturated/α-hetero) is 1. The van der Waals surface area contributed by atoms with E-state index in [9.17, 15) is 17.6 Å². The van der Waals surface area contributed by atoms with Gasteiger partial charge in [-0.3, -0.25) is 9.79 Å². The summed E-state index contributed by atoms with van der Waals surface area (Å²) in [6.07, 6.45) is 0. The van der Waals surface area contributed by atoms with E-state index >= 15 is 0 Å². The number of ketones is 1. The molecule has 8 heteroatoms. The van der Waals surface area contributed by atoms with Crippen molar-refractivity contribution in [1.29, 1.82) is 0 Å². The number of nitrogens with zero attached hydrogens (tertiary/aromatic N) is 2. The van der Waals surface area contributed by atoms with Crippen molar-refractivity contribution < 1.29 is 17.6 Å². The highest BCUT2D eigenvalue weighted by atomic mass is 32.2. The first-order valence-corrected chi connectivity index (χ1v) is 9.62. The minimum absolute atomic E-state index is 0.0245. The van der Waals surface area contributed by atoms with Crippen molar-refractivity contribution in [3.63, 3.8) is 0 Å². The lowest BCUT2D eigenvalue weighted by molar-refractivity contribution is -0.114. The summed E-state index contributed by atoms with van der Waals surface area (Å²) < 4.78 is 36.8. The largest absolute Gasteiger partial charge is 0.315 e. The normalized spacial score (nSPS) is 25.9. The van der Waals surface area contributed by atoms with Gasteiger partial charge in [-0.25, -0.2) is 12.8 Å². The molecule has 0 unspecified atom stereocenters. The number of aliphatic imine (C=N–C) groups is 1. The lowest BCUT2D eigenvalue weighted by Crippen LogP contribution is -2.39. The van der Waals surface area contributed by atoms with Gasteiger partial charge >= 0.3 is 0 Å². The number of carbonyl (C=O) groups is 1. The maximum Gasteiger partial charge on any atom is 0.164 e. The van der Waals surface area contributed by atoms with Crippen molar-refractivity contribution >= 4 is 38.2 Å². The van der Waals surface area contributed by atoms with Gasteiger partial charge in [0.25, 0.3) is 0 Å². The number of halogens is 1. The van der Waals surface area contributed by atoms with Crippen LogP contribution in [0.3, 0.4) is 0 Å². The van der Waals surface area contributed by atoms with Crippen LogP contribution in [-0.2, 0) is 14.6 Å². The van der Waals surface area contributed by atoms with E-state index < -0.39 is 9.84 Å². The summed E-state index contributed by atoms with van der Waals surface area (Å²) in [5.41, 5.74) is 0.695. The Morgan fingerprint density at radius 2 is 2.05 bits per heavy atom. The number of hydrogen-bond donors (Lipinski definition) is 0. The molecule has 2 heterocycles. The van der Waals surface area contributed by atoms with Gasteiger partial charge < -0.3 is 4.90 Å². The zero-order chi connectivity index (χ0) is 15.9. The minimum Gasteiger partial charge on any atom is -0.315 e. The van der Waals surface area contributed by atoms with E-state index in [1.165, 1.54) is 30.8 Å². The second-order valence-corrected chi connectivity index (χ2v) is 8.56. The van der Waals surface area contributed by atoms with Gasteiger partial charge in [-0.2, -0.15) is 0 Å². The predicted molar refractivity (Wildman–Crippen MR) is 85.7 cm³/mol. The molecule has 0 radical (unpaired) electrons. The maximum absolute atomic E-state index is 13.1. The highest BCUT2D eigenvalue weighted by Gasteiger charge is 2.47. The summed E-state index contributed by atoms with van der Waals surface area (Å²) in [5.74, 6) is 0.00934. The van der Waals surface area contributed by atoms with Crippen molar-refractivity contribution in [1.82, 2.24) is 0 Å². The fraction of sp³-hybridized carbons (Fsp3) is 0.429. The van der Waals surface area contributed by atoms with Gasteiger partial charge in [-0.05, 0) is 31.2 Å². The summed E-state index contributed by atoms with van der Waals surface area (Å²) in [7, 11) is -3.11. The van der Waals surface area contributed by atoms with Gasteiger partial charge in [-0.1, -0.05) is 11.8 Å². The molecule has 1 fully saturated rings. The van der Waals surface area contributed by atoms with Gasteiger partial charge in [-0.15, -0.1) is 0 Å². The number of sulfone groups is 1. The number of carbonyl (C=O) groups excluding carboxylic acids is 1. The van der Waals surface area contributed by atoms with Crippen LogP contribution in [0.25, 0.3) is 0 Å². The summed E-state index contributed by atoms with van der Waals surface area (Å²) in [5, 5.41) is 0.631. The topological polar surface area (TPSA) is 66.8 Å². The monoisotopic (exact) mass is 342 g/mol. The minimum atomic E-state index is -3.11. The maximum atomic E-state index is 13.1. The molecule has 0 aromatic heterocycles. The van der Waals surface area contributed by atoms with Crippen LogP contribution in [0.5, 0.6) is 0 Å². The van der Waals surface area contributed by atoms with Gasteiger partial charge in [0.1, 0.15) is 11.6 Å². The molecule has 1 saturated heterocycles. The molecule has 5 nitrogen and oxygen atoms in total. The van der Waals surface area contributed by atoms with Crippen LogP contribution in [0.2, 0.25) is 0 Å². The first-order chi connectivity index (χ1) is 10.4. The number of benzene rings is 1. The molecule has 1 aromatic carbocycles. The summed E-state index contributed by atoms with van der Waals surface area (Å²) in [6, 6.07) is 5.28. The van der Waals surface area contributed by atoms with Crippen LogP contribution in [0.15, 0.2) is 29.3 Å². The number of thioether (sulfide) groups is 1. The first-order valence-electron chi connectivity index (χ1n) is 6.81. The smallest absolute Gasteiger partial charge is 0.164 e. The third-order valence-corrected chi connectivity index (χ3v) is 6.43. The second kappa shape index (κ2) is 5.66. The van der Waals surface area contributed by atoms with Crippen LogP contribution in [0.1, 0.15) is 6.92 Å². The van der Waals surface area contributed by atoms with E-state index in [-0.39, 0.29) is 40.9 Å². The van der Waals surface area contributed by atoms with E-state index in [0.717, 1.165) is 0 Å². The lowest BCUT2D eigenvalue weighted by Gasteiger charge is -2.26. The van der Waals surface area contributed by atoms with E-state index in [0.29, 0.717) is 10.9 Å². The molecule has 2 atom stereocenters. The van der Waals surface area contributed by atoms with Crippen LogP contribution in [-0.4, -0.2) is 48.7 Å². The van der Waals surface area contributed by atoms with Crippen molar-refractivity contribution in [3.05, 3.63) is 30.1 Å². The van der Waals surface area contributed by atoms with Crippen LogP contribution >= 0.6 is 11.8 Å². The fourth-order valence-corrected chi connectivity index (χ4v) is 5.47. The SMILES string of the molecule is CC(=O)CSC1=N[C@H]2CS(=O)(=O)C[C@@H]2N1c1ccc(F)cc1. The summed E-state index contributed by atoms with van der Waals surface area (Å²) in [6.45, 7) is 1.50. The van der Waals surface area contributed by atoms with E-state index in [1.807, 2.05) is 4.90 Å². The Morgan fingerprint density at radius 1 is 1.36 bits per heavy atom. The molecule has 0 amide bonds. The number of anilines is 1. The number of amidine groups is 1.